The van der Waals surface area contributed by atoms with E-state index in [1.165, 1.54) is 0 Å². The number of hydrogen-bond acceptors (Lipinski definition) is 6. The summed E-state index contributed by atoms with van der Waals surface area (Å²) in [5.41, 5.74) is 1.40. The average molecular weight is 368 g/mol. The van der Waals surface area contributed by atoms with Gasteiger partial charge in [0.15, 0.2) is 0 Å². The molecule has 0 aliphatic rings. The first-order valence-electron chi connectivity index (χ1n) is 9.08. The molecule has 148 valence electrons. The first-order chi connectivity index (χ1) is 12.2. The number of aromatic nitrogens is 1. The van der Waals surface area contributed by atoms with Gasteiger partial charge in [0.2, 0.25) is 0 Å². The molecule has 0 amide bonds. The predicted octanol–water partition coefficient (Wildman–Crippen LogP) is 2.84. The molecule has 7 nitrogen and oxygen atoms in total. The molecule has 0 saturated heterocycles. The molecule has 0 bridgehead atoms. The number of esters is 2. The Morgan fingerprint density at radius 3 is 2.38 bits per heavy atom. The fourth-order valence-corrected chi connectivity index (χ4v) is 2.59. The van der Waals surface area contributed by atoms with Gasteiger partial charge >= 0.3 is 11.9 Å². The van der Waals surface area contributed by atoms with Gasteiger partial charge in [0.05, 0.1) is 12.2 Å². The highest BCUT2D eigenvalue weighted by molar-refractivity contribution is 5.98. The molecule has 0 fully saturated rings. The first-order valence-corrected chi connectivity index (χ1v) is 9.08. The summed E-state index contributed by atoms with van der Waals surface area (Å²) >= 11 is 0. The van der Waals surface area contributed by atoms with Crippen molar-refractivity contribution in [1.29, 1.82) is 0 Å². The van der Waals surface area contributed by atoms with Crippen LogP contribution in [0.1, 0.15) is 73.1 Å². The molecule has 0 unspecified atom stereocenters. The number of methoxy groups -OCH3 is 1. The van der Waals surface area contributed by atoms with E-state index in [1.54, 1.807) is 14.0 Å². The predicted molar refractivity (Wildman–Crippen MR) is 99.5 cm³/mol. The quantitative estimate of drug-likeness (QED) is 0.488. The lowest BCUT2D eigenvalue weighted by Gasteiger charge is -2.19. The summed E-state index contributed by atoms with van der Waals surface area (Å²) in [5.74, 6) is -0.894. The van der Waals surface area contributed by atoms with Crippen molar-refractivity contribution in [1.82, 2.24) is 10.3 Å². The van der Waals surface area contributed by atoms with Crippen LogP contribution in [0.2, 0.25) is 0 Å². The van der Waals surface area contributed by atoms with Crippen molar-refractivity contribution in [2.45, 2.75) is 59.6 Å². The van der Waals surface area contributed by atoms with Crippen molar-refractivity contribution in [3.63, 3.8) is 0 Å². The van der Waals surface area contributed by atoms with E-state index in [2.05, 4.69) is 10.3 Å². The molecule has 7 heteroatoms. The van der Waals surface area contributed by atoms with Gasteiger partial charge in [-0.15, -0.1) is 0 Å². The number of aromatic amines is 1. The van der Waals surface area contributed by atoms with Crippen molar-refractivity contribution >= 4 is 11.9 Å². The molecule has 0 aliphatic heterocycles. The van der Waals surface area contributed by atoms with Gasteiger partial charge in [-0.1, -0.05) is 6.92 Å². The molecule has 26 heavy (non-hydrogen) atoms. The molecule has 0 saturated carbocycles. The third-order valence-electron chi connectivity index (χ3n) is 3.62. The minimum Gasteiger partial charge on any atom is -0.462 e. The van der Waals surface area contributed by atoms with E-state index in [9.17, 15) is 9.59 Å². The number of rotatable bonds is 10. The van der Waals surface area contributed by atoms with Crippen molar-refractivity contribution in [2.24, 2.45) is 0 Å². The van der Waals surface area contributed by atoms with Gasteiger partial charge in [-0.2, -0.15) is 0 Å². The van der Waals surface area contributed by atoms with Crippen LogP contribution in [0.25, 0.3) is 0 Å². The molecular formula is C19H32N2O5. The maximum absolute atomic E-state index is 12.6. The molecule has 0 atom stereocenters. The lowest BCUT2D eigenvalue weighted by atomic mass is 10.1. The van der Waals surface area contributed by atoms with Crippen LogP contribution in [0, 0.1) is 0 Å². The maximum Gasteiger partial charge on any atom is 0.355 e. The normalized spacial score (nSPS) is 11.5. The second-order valence-electron chi connectivity index (χ2n) is 6.93. The molecule has 2 N–H and O–H groups in total. The van der Waals surface area contributed by atoms with Crippen LogP contribution >= 0.6 is 0 Å². The molecule has 1 heterocycles. The van der Waals surface area contributed by atoms with Crippen molar-refractivity contribution in [3.8, 4) is 0 Å². The Hall–Kier alpha value is -1.86. The zero-order chi connectivity index (χ0) is 19.7. The minimum atomic E-state index is -0.615. The summed E-state index contributed by atoms with van der Waals surface area (Å²) in [5, 5.41) is 3.25. The van der Waals surface area contributed by atoms with Crippen LogP contribution < -0.4 is 5.32 Å². The largest absolute Gasteiger partial charge is 0.462 e. The van der Waals surface area contributed by atoms with Gasteiger partial charge in [0, 0.05) is 26.0 Å². The zero-order valence-electron chi connectivity index (χ0n) is 16.8. The Labute approximate surface area is 155 Å². The van der Waals surface area contributed by atoms with E-state index in [0.717, 1.165) is 13.0 Å². The number of carbonyl (C=O) groups is 2. The van der Waals surface area contributed by atoms with Crippen molar-refractivity contribution < 1.29 is 23.8 Å². The Kier molecular flexibility index (Phi) is 8.81. The number of carbonyl (C=O) groups excluding carboxylic acids is 2. The van der Waals surface area contributed by atoms with Gasteiger partial charge in [0.25, 0.3) is 0 Å². The van der Waals surface area contributed by atoms with Gasteiger partial charge in [0.1, 0.15) is 11.3 Å². The third-order valence-corrected chi connectivity index (χ3v) is 3.62. The molecule has 0 aromatic carbocycles. The number of nitrogens with one attached hydrogen (secondary N) is 2. The highest BCUT2D eigenvalue weighted by Gasteiger charge is 2.28. The van der Waals surface area contributed by atoms with Crippen LogP contribution in [0.4, 0.5) is 0 Å². The summed E-state index contributed by atoms with van der Waals surface area (Å²) in [7, 11) is 1.66. The summed E-state index contributed by atoms with van der Waals surface area (Å²) in [6.45, 7) is 11.2. The summed E-state index contributed by atoms with van der Waals surface area (Å²) < 4.78 is 15.7. The van der Waals surface area contributed by atoms with Crippen molar-refractivity contribution in [3.05, 3.63) is 22.5 Å². The van der Waals surface area contributed by atoms with Crippen molar-refractivity contribution in [2.75, 3.05) is 26.9 Å². The monoisotopic (exact) mass is 368 g/mol. The Morgan fingerprint density at radius 1 is 1.15 bits per heavy atom. The van der Waals surface area contributed by atoms with Gasteiger partial charge < -0.3 is 24.5 Å². The summed E-state index contributed by atoms with van der Waals surface area (Å²) in [4.78, 5) is 28.1. The smallest absolute Gasteiger partial charge is 0.355 e. The average Bonchev–Trinajstić information content (AvgIpc) is 2.92. The summed E-state index contributed by atoms with van der Waals surface area (Å²) in [6.07, 6.45) is 1.37. The Bertz CT molecular complexity index is 602. The Balaban J connectivity index is 3.12. The van der Waals surface area contributed by atoms with E-state index in [0.29, 0.717) is 42.1 Å². The Morgan fingerprint density at radius 2 is 1.85 bits per heavy atom. The number of hydrogen-bond donors (Lipinski definition) is 2. The van der Waals surface area contributed by atoms with Gasteiger partial charge in [-0.3, -0.25) is 0 Å². The van der Waals surface area contributed by atoms with Gasteiger partial charge in [-0.05, 0) is 52.6 Å². The maximum atomic E-state index is 12.6. The minimum absolute atomic E-state index is 0.273. The van der Waals surface area contributed by atoms with Crippen LogP contribution in [0.5, 0.6) is 0 Å². The van der Waals surface area contributed by atoms with Crippen LogP contribution in [0.15, 0.2) is 0 Å². The van der Waals surface area contributed by atoms with Crippen LogP contribution in [-0.2, 0) is 27.2 Å². The van der Waals surface area contributed by atoms with Crippen LogP contribution in [0.3, 0.4) is 0 Å². The molecule has 1 aromatic heterocycles. The molecular weight excluding hydrogens is 336 g/mol. The van der Waals surface area contributed by atoms with E-state index in [-0.39, 0.29) is 6.61 Å². The second-order valence-corrected chi connectivity index (χ2v) is 6.93. The van der Waals surface area contributed by atoms with E-state index >= 15 is 0 Å². The molecule has 1 aromatic rings. The van der Waals surface area contributed by atoms with Gasteiger partial charge in [-0.25, -0.2) is 9.59 Å². The fraction of sp³-hybridized carbons (Fsp3) is 0.684. The lowest BCUT2D eigenvalue weighted by molar-refractivity contribution is 0.00622. The van der Waals surface area contributed by atoms with E-state index in [1.807, 2.05) is 27.7 Å². The van der Waals surface area contributed by atoms with E-state index in [4.69, 9.17) is 14.2 Å². The first kappa shape index (κ1) is 22.2. The molecule has 1 rings (SSSR count). The molecule has 0 radical (unpaired) electrons. The standard InChI is InChI=1S/C19H32N2O5/c1-7-13-15(17(22)25-8-2)14(12-20-10-9-11-24-6)21-16(13)18(23)26-19(3,4)5/h20-21H,7-12H2,1-6H3. The number of H-pyrrole nitrogens is 1. The summed E-state index contributed by atoms with van der Waals surface area (Å²) in [6, 6.07) is 0. The third kappa shape index (κ3) is 6.46. The molecule has 0 aliphatic carbocycles. The fourth-order valence-electron chi connectivity index (χ4n) is 2.59. The SMILES string of the molecule is CCOC(=O)c1c(CNCCCOC)[nH]c(C(=O)OC(C)(C)C)c1CC. The topological polar surface area (TPSA) is 89.7 Å². The van der Waals surface area contributed by atoms with E-state index < -0.39 is 17.5 Å². The lowest BCUT2D eigenvalue weighted by Crippen LogP contribution is -2.24. The second kappa shape index (κ2) is 10.3. The highest BCUT2D eigenvalue weighted by atomic mass is 16.6. The van der Waals surface area contributed by atoms with Crippen LogP contribution in [-0.4, -0.2) is 49.4 Å². The molecule has 0 spiro atoms. The zero-order valence-corrected chi connectivity index (χ0v) is 16.8. The number of ether oxygens (including phenoxy) is 3. The highest BCUT2D eigenvalue weighted by Crippen LogP contribution is 2.24.